The lowest BCUT2D eigenvalue weighted by Gasteiger charge is -2.32. The summed E-state index contributed by atoms with van der Waals surface area (Å²) in [5, 5.41) is 4.33. The molecule has 0 amide bonds. The maximum absolute atomic E-state index is 6.72. The third kappa shape index (κ3) is 4.62. The van der Waals surface area contributed by atoms with E-state index in [0.717, 1.165) is 43.6 Å². The summed E-state index contributed by atoms with van der Waals surface area (Å²) in [6.45, 7) is 16.8. The summed E-state index contributed by atoms with van der Waals surface area (Å²) in [5.41, 5.74) is 4.90. The minimum Gasteiger partial charge on any atom is -0.399 e. The van der Waals surface area contributed by atoms with Crippen molar-refractivity contribution < 1.29 is 18.6 Å². The van der Waals surface area contributed by atoms with E-state index >= 15 is 0 Å². The third-order valence-corrected chi connectivity index (χ3v) is 10.4. The first kappa shape index (κ1) is 29.3. The fourth-order valence-electron chi connectivity index (χ4n) is 6.34. The Labute approximate surface area is 262 Å². The normalized spacial score (nSPS) is 20.1. The second-order valence-corrected chi connectivity index (χ2v) is 14.3. The predicted octanol–water partition coefficient (Wildman–Crippen LogP) is 7.93. The van der Waals surface area contributed by atoms with Crippen molar-refractivity contribution in [2.75, 3.05) is 0 Å². The first-order valence-electron chi connectivity index (χ1n) is 15.6. The van der Waals surface area contributed by atoms with Crippen LogP contribution in [0.4, 0.5) is 0 Å². The average Bonchev–Trinajstić information content (AvgIpc) is 3.34. The van der Waals surface area contributed by atoms with Gasteiger partial charge in [0.05, 0.1) is 22.4 Å². The molecule has 0 radical (unpaired) electrons. The Bertz CT molecular complexity index is 1850. The van der Waals surface area contributed by atoms with Crippen LogP contribution in [0, 0.1) is 0 Å². The summed E-state index contributed by atoms with van der Waals surface area (Å²) in [5.74, 6) is 0. The van der Waals surface area contributed by atoms with Gasteiger partial charge in [-0.05, 0) is 116 Å². The van der Waals surface area contributed by atoms with Crippen LogP contribution in [0.25, 0.3) is 43.8 Å². The molecule has 6 heteroatoms. The van der Waals surface area contributed by atoms with Gasteiger partial charge in [-0.2, -0.15) is 0 Å². The fourth-order valence-corrected chi connectivity index (χ4v) is 6.34. The smallest absolute Gasteiger partial charge is 0.399 e. The molecule has 222 valence electrons. The molecule has 2 aliphatic heterocycles. The van der Waals surface area contributed by atoms with Gasteiger partial charge in [0.2, 0.25) is 0 Å². The Morgan fingerprint density at radius 1 is 0.364 bits per heavy atom. The molecule has 0 spiro atoms. The summed E-state index contributed by atoms with van der Waals surface area (Å²) < 4.78 is 26.8. The van der Waals surface area contributed by atoms with E-state index in [4.69, 9.17) is 18.6 Å². The zero-order chi connectivity index (χ0) is 31.1. The Morgan fingerprint density at radius 2 is 0.705 bits per heavy atom. The highest BCUT2D eigenvalue weighted by Crippen LogP contribution is 2.40. The number of hydrogen-bond acceptors (Lipinski definition) is 4. The number of rotatable bonds is 4. The van der Waals surface area contributed by atoms with Crippen LogP contribution in [-0.4, -0.2) is 36.6 Å². The number of fused-ring (bicyclic) bond motifs is 2. The van der Waals surface area contributed by atoms with Crippen molar-refractivity contribution >= 4 is 46.7 Å². The molecular formula is C38H40B2O4. The van der Waals surface area contributed by atoms with Gasteiger partial charge in [0.1, 0.15) is 0 Å². The Morgan fingerprint density at radius 3 is 1.18 bits per heavy atom. The summed E-state index contributed by atoms with van der Waals surface area (Å²) in [6, 6.07) is 34.5. The molecule has 44 heavy (non-hydrogen) atoms. The largest absolute Gasteiger partial charge is 0.496 e. The van der Waals surface area contributed by atoms with E-state index in [0.29, 0.717) is 0 Å². The maximum Gasteiger partial charge on any atom is 0.496 e. The van der Waals surface area contributed by atoms with Gasteiger partial charge in [-0.25, -0.2) is 0 Å². The van der Waals surface area contributed by atoms with Crippen molar-refractivity contribution in [3.63, 3.8) is 0 Å². The molecule has 2 aliphatic rings. The first-order chi connectivity index (χ1) is 20.8. The van der Waals surface area contributed by atoms with Crippen molar-refractivity contribution in [3.8, 4) is 22.3 Å². The highest BCUT2D eigenvalue weighted by Gasteiger charge is 2.55. The van der Waals surface area contributed by atoms with Crippen LogP contribution in [0.2, 0.25) is 0 Å². The van der Waals surface area contributed by atoms with E-state index in [1.807, 2.05) is 6.07 Å². The summed E-state index contributed by atoms with van der Waals surface area (Å²) in [4.78, 5) is 0. The van der Waals surface area contributed by atoms with Crippen molar-refractivity contribution in [1.29, 1.82) is 0 Å². The van der Waals surface area contributed by atoms with E-state index in [1.54, 1.807) is 0 Å². The second-order valence-electron chi connectivity index (χ2n) is 14.3. The number of benzene rings is 5. The molecule has 0 bridgehead atoms. The molecule has 5 aromatic rings. The molecule has 0 saturated carbocycles. The van der Waals surface area contributed by atoms with Gasteiger partial charge < -0.3 is 18.6 Å². The molecule has 0 aliphatic carbocycles. The molecule has 5 aromatic carbocycles. The standard InChI is InChI=1S/C38H40B2O4/c1-35(2)36(3,4)42-39(41-35)33-29-16-12-13-17-30(29)34(40-43-37(5,6)38(7,8)44-40)32-24-28(22-23-31(32)33)27-20-18-26(19-21-27)25-14-10-9-11-15-25/h9-24H,1-8H3. The molecule has 0 unspecified atom stereocenters. The van der Waals surface area contributed by atoms with Gasteiger partial charge in [0, 0.05) is 0 Å². The molecule has 0 atom stereocenters. The Kier molecular flexibility index (Phi) is 6.69. The van der Waals surface area contributed by atoms with Crippen LogP contribution in [-0.2, 0) is 18.6 Å². The van der Waals surface area contributed by atoms with Crippen molar-refractivity contribution in [1.82, 2.24) is 0 Å². The molecule has 4 nitrogen and oxygen atoms in total. The van der Waals surface area contributed by atoms with Crippen molar-refractivity contribution in [2.24, 2.45) is 0 Å². The van der Waals surface area contributed by atoms with Crippen LogP contribution in [0.15, 0.2) is 97.1 Å². The van der Waals surface area contributed by atoms with E-state index in [2.05, 4.69) is 146 Å². The Balaban J connectivity index is 1.45. The van der Waals surface area contributed by atoms with Crippen LogP contribution in [0.3, 0.4) is 0 Å². The lowest BCUT2D eigenvalue weighted by molar-refractivity contribution is 0.00578. The molecular weight excluding hydrogens is 542 g/mol. The molecule has 7 rings (SSSR count). The fraction of sp³-hybridized carbons (Fsp3) is 0.316. The molecule has 0 aromatic heterocycles. The van der Waals surface area contributed by atoms with Gasteiger partial charge in [0.15, 0.2) is 0 Å². The summed E-state index contributed by atoms with van der Waals surface area (Å²) in [7, 11) is -1.05. The van der Waals surface area contributed by atoms with Gasteiger partial charge in [-0.1, -0.05) is 91.0 Å². The monoisotopic (exact) mass is 582 g/mol. The van der Waals surface area contributed by atoms with Gasteiger partial charge in [-0.15, -0.1) is 0 Å². The highest BCUT2D eigenvalue weighted by atomic mass is 16.7. The first-order valence-corrected chi connectivity index (χ1v) is 15.6. The van der Waals surface area contributed by atoms with E-state index < -0.39 is 36.6 Å². The maximum atomic E-state index is 6.72. The molecule has 2 fully saturated rings. The predicted molar refractivity (Wildman–Crippen MR) is 184 cm³/mol. The quantitative estimate of drug-likeness (QED) is 0.159. The van der Waals surface area contributed by atoms with Gasteiger partial charge >= 0.3 is 14.2 Å². The summed E-state index contributed by atoms with van der Waals surface area (Å²) >= 11 is 0. The molecule has 0 N–H and O–H groups in total. The lowest BCUT2D eigenvalue weighted by Crippen LogP contribution is -2.41. The minimum absolute atomic E-state index is 0.462. The van der Waals surface area contributed by atoms with E-state index in [1.165, 1.54) is 11.1 Å². The zero-order valence-corrected chi connectivity index (χ0v) is 27.0. The van der Waals surface area contributed by atoms with Crippen LogP contribution >= 0.6 is 0 Å². The number of hydrogen-bond donors (Lipinski definition) is 0. The van der Waals surface area contributed by atoms with Crippen molar-refractivity contribution in [3.05, 3.63) is 97.1 Å². The SMILES string of the molecule is CC1(C)OB(c2c3ccccc3c(B3OC(C)(C)C(C)(C)O3)c3cc(-c4ccc(-c5ccccc5)cc4)ccc23)OC1(C)C. The van der Waals surface area contributed by atoms with Crippen LogP contribution < -0.4 is 10.9 Å². The topological polar surface area (TPSA) is 36.9 Å². The lowest BCUT2D eigenvalue weighted by atomic mass is 9.66. The zero-order valence-electron chi connectivity index (χ0n) is 27.0. The highest BCUT2D eigenvalue weighted by molar-refractivity contribution is 6.73. The third-order valence-electron chi connectivity index (χ3n) is 10.4. The Hall–Kier alpha value is -3.41. The summed E-state index contributed by atoms with van der Waals surface area (Å²) in [6.07, 6.45) is 0. The minimum atomic E-state index is -0.532. The average molecular weight is 582 g/mol. The molecule has 2 heterocycles. The van der Waals surface area contributed by atoms with E-state index in [-0.39, 0.29) is 0 Å². The van der Waals surface area contributed by atoms with Crippen molar-refractivity contribution in [2.45, 2.75) is 77.8 Å². The van der Waals surface area contributed by atoms with Gasteiger partial charge in [0.25, 0.3) is 0 Å². The van der Waals surface area contributed by atoms with Crippen LogP contribution in [0.1, 0.15) is 55.4 Å². The van der Waals surface area contributed by atoms with Gasteiger partial charge in [-0.3, -0.25) is 0 Å². The van der Waals surface area contributed by atoms with E-state index in [9.17, 15) is 0 Å². The molecule has 2 saturated heterocycles. The second kappa shape index (κ2) is 10.1. The van der Waals surface area contributed by atoms with Crippen LogP contribution in [0.5, 0.6) is 0 Å².